The number of ether oxygens (including phenoxy) is 1. The van der Waals surface area contributed by atoms with E-state index in [-0.39, 0.29) is 13.2 Å². The molecule has 2 aromatic rings. The van der Waals surface area contributed by atoms with E-state index in [2.05, 4.69) is 16.2 Å². The standard InChI is InChI=1S/C18H18FN3O4/c1-12-3-2-4-13(9-12)18(25)20-10-16(23)21-22-17(24)11-26-15-7-5-14(19)6-8-15/h2-9H,10-11H2,1H3,(H,20,25)(H,21,23)(H,22,24). The Morgan fingerprint density at radius 1 is 1.00 bits per heavy atom. The molecule has 136 valence electrons. The van der Waals surface area contributed by atoms with Gasteiger partial charge < -0.3 is 10.1 Å². The van der Waals surface area contributed by atoms with Crippen LogP contribution < -0.4 is 20.9 Å². The van der Waals surface area contributed by atoms with E-state index in [1.54, 1.807) is 18.2 Å². The molecule has 0 saturated carbocycles. The molecule has 0 bridgehead atoms. The van der Waals surface area contributed by atoms with E-state index in [4.69, 9.17) is 4.74 Å². The Labute approximate surface area is 149 Å². The van der Waals surface area contributed by atoms with Crippen LogP contribution in [-0.2, 0) is 9.59 Å². The Bertz CT molecular complexity index is 793. The van der Waals surface area contributed by atoms with E-state index in [1.165, 1.54) is 24.3 Å². The minimum Gasteiger partial charge on any atom is -0.484 e. The molecular weight excluding hydrogens is 341 g/mol. The number of rotatable bonds is 6. The molecule has 0 aromatic heterocycles. The first kappa shape index (κ1) is 18.9. The Hall–Kier alpha value is -3.42. The maximum Gasteiger partial charge on any atom is 0.276 e. The molecule has 7 nitrogen and oxygen atoms in total. The maximum absolute atomic E-state index is 12.7. The topological polar surface area (TPSA) is 96.5 Å². The smallest absolute Gasteiger partial charge is 0.276 e. The van der Waals surface area contributed by atoms with Crippen molar-refractivity contribution in [2.24, 2.45) is 0 Å². The summed E-state index contributed by atoms with van der Waals surface area (Å²) < 4.78 is 17.9. The van der Waals surface area contributed by atoms with Crippen LogP contribution in [0, 0.1) is 12.7 Å². The molecule has 3 amide bonds. The van der Waals surface area contributed by atoms with Gasteiger partial charge in [-0.05, 0) is 43.3 Å². The molecule has 0 aliphatic rings. The van der Waals surface area contributed by atoms with Gasteiger partial charge in [-0.25, -0.2) is 4.39 Å². The molecule has 26 heavy (non-hydrogen) atoms. The Kier molecular flexibility index (Phi) is 6.67. The predicted octanol–water partition coefficient (Wildman–Crippen LogP) is 1.09. The molecule has 2 aromatic carbocycles. The van der Waals surface area contributed by atoms with Gasteiger partial charge in [-0.15, -0.1) is 0 Å². The molecule has 2 rings (SSSR count). The second kappa shape index (κ2) is 9.16. The third kappa shape index (κ3) is 6.23. The molecular formula is C18H18FN3O4. The molecule has 0 radical (unpaired) electrons. The first-order valence-electron chi connectivity index (χ1n) is 7.75. The van der Waals surface area contributed by atoms with Crippen LogP contribution in [-0.4, -0.2) is 30.9 Å². The van der Waals surface area contributed by atoms with Gasteiger partial charge in [-0.3, -0.25) is 25.2 Å². The third-order valence-electron chi connectivity index (χ3n) is 3.21. The monoisotopic (exact) mass is 359 g/mol. The second-order valence-electron chi connectivity index (χ2n) is 5.39. The fraction of sp³-hybridized carbons (Fsp3) is 0.167. The van der Waals surface area contributed by atoms with Crippen LogP contribution in [0.1, 0.15) is 15.9 Å². The van der Waals surface area contributed by atoms with Gasteiger partial charge in [0, 0.05) is 5.56 Å². The summed E-state index contributed by atoms with van der Waals surface area (Å²) in [5, 5.41) is 2.44. The van der Waals surface area contributed by atoms with Crippen LogP contribution >= 0.6 is 0 Å². The highest BCUT2D eigenvalue weighted by atomic mass is 19.1. The van der Waals surface area contributed by atoms with E-state index in [1.807, 2.05) is 13.0 Å². The number of benzene rings is 2. The fourth-order valence-corrected chi connectivity index (χ4v) is 1.95. The summed E-state index contributed by atoms with van der Waals surface area (Å²) in [6.07, 6.45) is 0. The highest BCUT2D eigenvalue weighted by molar-refractivity contribution is 5.96. The number of carbonyl (C=O) groups excluding carboxylic acids is 3. The van der Waals surface area contributed by atoms with Gasteiger partial charge in [0.25, 0.3) is 17.7 Å². The third-order valence-corrected chi connectivity index (χ3v) is 3.21. The van der Waals surface area contributed by atoms with Crippen molar-refractivity contribution < 1.29 is 23.5 Å². The molecule has 0 heterocycles. The lowest BCUT2D eigenvalue weighted by Crippen LogP contribution is -2.47. The molecule has 3 N–H and O–H groups in total. The number of carbonyl (C=O) groups is 3. The highest BCUT2D eigenvalue weighted by Crippen LogP contribution is 2.10. The summed E-state index contributed by atoms with van der Waals surface area (Å²) in [4.78, 5) is 35.1. The summed E-state index contributed by atoms with van der Waals surface area (Å²) in [6, 6.07) is 12.1. The van der Waals surface area contributed by atoms with Gasteiger partial charge in [0.15, 0.2) is 6.61 Å². The van der Waals surface area contributed by atoms with Crippen LogP contribution in [0.2, 0.25) is 0 Å². The largest absolute Gasteiger partial charge is 0.484 e. The van der Waals surface area contributed by atoms with Crippen LogP contribution in [0.3, 0.4) is 0 Å². The molecule has 8 heteroatoms. The van der Waals surface area contributed by atoms with Crippen molar-refractivity contribution in [3.8, 4) is 5.75 Å². The van der Waals surface area contributed by atoms with Crippen molar-refractivity contribution in [1.29, 1.82) is 0 Å². The molecule has 0 fully saturated rings. The van der Waals surface area contributed by atoms with E-state index >= 15 is 0 Å². The molecule has 0 aliphatic carbocycles. The summed E-state index contributed by atoms with van der Waals surface area (Å²) in [5.74, 6) is -1.69. The average Bonchev–Trinajstić information content (AvgIpc) is 2.64. The molecule has 0 saturated heterocycles. The van der Waals surface area contributed by atoms with Crippen molar-refractivity contribution in [3.63, 3.8) is 0 Å². The number of amides is 3. The average molecular weight is 359 g/mol. The molecule has 0 unspecified atom stereocenters. The number of halogens is 1. The van der Waals surface area contributed by atoms with Gasteiger partial charge in [-0.1, -0.05) is 17.7 Å². The van der Waals surface area contributed by atoms with Gasteiger partial charge in [0.2, 0.25) is 0 Å². The number of aryl methyl sites for hydroxylation is 1. The van der Waals surface area contributed by atoms with Crippen LogP contribution in [0.5, 0.6) is 5.75 Å². The normalized spacial score (nSPS) is 9.92. The minimum atomic E-state index is -0.604. The van der Waals surface area contributed by atoms with Crippen LogP contribution in [0.15, 0.2) is 48.5 Å². The lowest BCUT2D eigenvalue weighted by Gasteiger charge is -2.09. The Morgan fingerprint density at radius 2 is 1.69 bits per heavy atom. The number of hydrazine groups is 1. The first-order chi connectivity index (χ1) is 12.4. The number of hydrogen-bond donors (Lipinski definition) is 3. The summed E-state index contributed by atoms with van der Waals surface area (Å²) in [5.41, 5.74) is 5.67. The SMILES string of the molecule is Cc1cccc(C(=O)NCC(=O)NNC(=O)COc2ccc(F)cc2)c1. The van der Waals surface area contributed by atoms with Crippen molar-refractivity contribution in [2.45, 2.75) is 6.92 Å². The van der Waals surface area contributed by atoms with E-state index in [0.29, 0.717) is 11.3 Å². The van der Waals surface area contributed by atoms with Gasteiger partial charge in [0.1, 0.15) is 11.6 Å². The quantitative estimate of drug-likeness (QED) is 0.673. The van der Waals surface area contributed by atoms with Gasteiger partial charge in [-0.2, -0.15) is 0 Å². The predicted molar refractivity (Wildman–Crippen MR) is 91.7 cm³/mol. The van der Waals surface area contributed by atoms with Crippen molar-refractivity contribution in [1.82, 2.24) is 16.2 Å². The van der Waals surface area contributed by atoms with Crippen LogP contribution in [0.4, 0.5) is 4.39 Å². The van der Waals surface area contributed by atoms with Gasteiger partial charge in [0.05, 0.1) is 6.54 Å². The minimum absolute atomic E-state index is 0.300. The first-order valence-corrected chi connectivity index (χ1v) is 7.75. The lowest BCUT2D eigenvalue weighted by atomic mass is 10.1. The van der Waals surface area contributed by atoms with E-state index in [0.717, 1.165) is 5.56 Å². The Morgan fingerprint density at radius 3 is 2.38 bits per heavy atom. The van der Waals surface area contributed by atoms with Crippen LogP contribution in [0.25, 0.3) is 0 Å². The molecule has 0 aliphatic heterocycles. The molecule has 0 spiro atoms. The summed E-state index contributed by atoms with van der Waals surface area (Å²) in [7, 11) is 0. The fourth-order valence-electron chi connectivity index (χ4n) is 1.95. The summed E-state index contributed by atoms with van der Waals surface area (Å²) in [6.45, 7) is 1.19. The van der Waals surface area contributed by atoms with Gasteiger partial charge >= 0.3 is 0 Å². The molecule has 0 atom stereocenters. The maximum atomic E-state index is 12.7. The zero-order chi connectivity index (χ0) is 18.9. The highest BCUT2D eigenvalue weighted by Gasteiger charge is 2.09. The van der Waals surface area contributed by atoms with E-state index in [9.17, 15) is 18.8 Å². The second-order valence-corrected chi connectivity index (χ2v) is 5.39. The Balaban J connectivity index is 1.67. The lowest BCUT2D eigenvalue weighted by molar-refractivity contribution is -0.129. The number of hydrogen-bond acceptors (Lipinski definition) is 4. The zero-order valence-electron chi connectivity index (χ0n) is 14.0. The number of nitrogens with one attached hydrogen (secondary N) is 3. The van der Waals surface area contributed by atoms with E-state index < -0.39 is 23.5 Å². The van der Waals surface area contributed by atoms with Crippen molar-refractivity contribution in [3.05, 3.63) is 65.5 Å². The summed E-state index contributed by atoms with van der Waals surface area (Å²) >= 11 is 0. The van der Waals surface area contributed by atoms with Crippen molar-refractivity contribution in [2.75, 3.05) is 13.2 Å². The van der Waals surface area contributed by atoms with Crippen molar-refractivity contribution >= 4 is 17.7 Å². The zero-order valence-corrected chi connectivity index (χ0v) is 14.0.